The zero-order valence-electron chi connectivity index (χ0n) is 25.7. The van der Waals surface area contributed by atoms with Gasteiger partial charge in [-0.25, -0.2) is 0 Å². The molecule has 11 heteroatoms. The van der Waals surface area contributed by atoms with E-state index >= 15 is 0 Å². The molecule has 3 fully saturated rings. The number of ether oxygens (including phenoxy) is 2. The summed E-state index contributed by atoms with van der Waals surface area (Å²) in [5, 5.41) is 12.9. The van der Waals surface area contributed by atoms with Gasteiger partial charge in [-0.15, -0.1) is 13.2 Å². The lowest BCUT2D eigenvalue weighted by Gasteiger charge is -2.37. The number of allylic oxidation sites excluding steroid dienone is 1. The summed E-state index contributed by atoms with van der Waals surface area (Å²) in [5.41, 5.74) is -0.110. The van der Waals surface area contributed by atoms with Crippen LogP contribution in [0.5, 0.6) is 0 Å². The highest BCUT2D eigenvalue weighted by Crippen LogP contribution is 2.59. The number of anilines is 1. The minimum Gasteiger partial charge on any atom is -0.455 e. The van der Waals surface area contributed by atoms with Crippen LogP contribution >= 0.6 is 11.6 Å². The number of fused-ring (bicyclic) bond motifs is 1. The SMILES string of the molecule is C=CCCC(=O)NC[C@@H](OC(=O)[C@@H]1[C@@H]2CC[C@]3(O2)[C@H](C(=O)N(CC=C)c2ccccc2Cl)N(CCCO)C(=O)[C@@H]13)c1ccccc1. The van der Waals surface area contributed by atoms with Gasteiger partial charge in [-0.1, -0.05) is 66.2 Å². The molecule has 0 unspecified atom stereocenters. The molecule has 2 bridgehead atoms. The van der Waals surface area contributed by atoms with E-state index in [4.69, 9.17) is 21.1 Å². The number of esters is 1. The molecule has 0 aromatic heterocycles. The van der Waals surface area contributed by atoms with Crippen LogP contribution < -0.4 is 10.2 Å². The normalized spacial score (nSPS) is 25.1. The number of benzene rings is 2. The Morgan fingerprint density at radius 3 is 2.59 bits per heavy atom. The molecule has 5 rings (SSSR count). The third kappa shape index (κ3) is 6.34. The molecule has 3 saturated heterocycles. The summed E-state index contributed by atoms with van der Waals surface area (Å²) in [7, 11) is 0. The quantitative estimate of drug-likeness (QED) is 0.221. The molecule has 3 heterocycles. The Hall–Kier alpha value is -3.99. The van der Waals surface area contributed by atoms with Crippen LogP contribution in [0, 0.1) is 11.8 Å². The number of likely N-dealkylation sites (tertiary alicyclic amines) is 1. The molecule has 2 aromatic carbocycles. The number of hydrogen-bond acceptors (Lipinski definition) is 7. The van der Waals surface area contributed by atoms with Crippen LogP contribution in [0.2, 0.25) is 5.02 Å². The molecule has 2 N–H and O–H groups in total. The predicted octanol–water partition coefficient (Wildman–Crippen LogP) is 3.98. The first-order chi connectivity index (χ1) is 22.3. The molecule has 1 spiro atoms. The summed E-state index contributed by atoms with van der Waals surface area (Å²) >= 11 is 6.51. The van der Waals surface area contributed by atoms with Crippen LogP contribution in [0.1, 0.15) is 43.8 Å². The van der Waals surface area contributed by atoms with Crippen molar-refractivity contribution in [3.63, 3.8) is 0 Å². The molecular weight excluding hydrogens is 610 g/mol. The number of aliphatic hydroxyl groups is 1. The van der Waals surface area contributed by atoms with Crippen molar-refractivity contribution in [3.8, 4) is 0 Å². The Bertz CT molecular complexity index is 1470. The van der Waals surface area contributed by atoms with Crippen molar-refractivity contribution in [1.82, 2.24) is 10.2 Å². The third-order valence-electron chi connectivity index (χ3n) is 9.07. The van der Waals surface area contributed by atoms with Crippen molar-refractivity contribution >= 4 is 41.0 Å². The standard InChI is InChI=1S/C35H40ClN3O7/c1-3-5-16-28(41)37-22-27(23-12-7-6-8-13-23)45-34(44)29-26-17-18-35(46-26)30(29)32(42)39(20-11-21-40)31(35)33(43)38(19-4-2)25-15-10-9-14-24(25)36/h3-4,6-10,12-15,26-27,29-31,40H,1-2,5,11,16-22H2,(H,37,41)/t26-,27+,29+,30+,31-,35+/m0/s1. The molecule has 0 aliphatic carbocycles. The fraction of sp³-hybridized carbons (Fsp3) is 0.429. The van der Waals surface area contributed by atoms with E-state index < -0.39 is 47.6 Å². The van der Waals surface area contributed by atoms with Crippen molar-refractivity contribution in [2.45, 2.75) is 56.0 Å². The third-order valence-corrected chi connectivity index (χ3v) is 9.39. The van der Waals surface area contributed by atoms with Gasteiger partial charge in [0.1, 0.15) is 17.7 Å². The van der Waals surface area contributed by atoms with Gasteiger partial charge in [0.25, 0.3) is 5.91 Å². The molecular formula is C35H40ClN3O7. The van der Waals surface area contributed by atoms with Gasteiger partial charge in [0.15, 0.2) is 0 Å². The topological polar surface area (TPSA) is 125 Å². The van der Waals surface area contributed by atoms with Gasteiger partial charge in [-0.3, -0.25) is 19.2 Å². The predicted molar refractivity (Wildman–Crippen MR) is 173 cm³/mol. The van der Waals surface area contributed by atoms with E-state index in [1.807, 2.05) is 30.3 Å². The number of carbonyl (C=O) groups is 4. The van der Waals surface area contributed by atoms with Crippen molar-refractivity contribution in [2.24, 2.45) is 11.8 Å². The van der Waals surface area contributed by atoms with Crippen LogP contribution in [0.4, 0.5) is 5.69 Å². The average Bonchev–Trinajstić information content (AvgIpc) is 3.71. The summed E-state index contributed by atoms with van der Waals surface area (Å²) in [5.74, 6) is -3.52. The van der Waals surface area contributed by atoms with Crippen molar-refractivity contribution in [1.29, 1.82) is 0 Å². The van der Waals surface area contributed by atoms with E-state index in [1.54, 1.807) is 36.4 Å². The Morgan fingerprint density at radius 1 is 1.15 bits per heavy atom. The van der Waals surface area contributed by atoms with Gasteiger partial charge in [-0.05, 0) is 43.4 Å². The highest BCUT2D eigenvalue weighted by molar-refractivity contribution is 6.34. The molecule has 0 saturated carbocycles. The lowest BCUT2D eigenvalue weighted by molar-refractivity contribution is -0.160. The lowest BCUT2D eigenvalue weighted by atomic mass is 9.70. The van der Waals surface area contributed by atoms with Gasteiger partial charge in [-0.2, -0.15) is 0 Å². The average molecular weight is 650 g/mol. The maximum atomic E-state index is 14.5. The molecule has 244 valence electrons. The first-order valence-corrected chi connectivity index (χ1v) is 16.0. The summed E-state index contributed by atoms with van der Waals surface area (Å²) in [6.45, 7) is 7.56. The van der Waals surface area contributed by atoms with E-state index in [2.05, 4.69) is 18.5 Å². The number of halogens is 1. The highest BCUT2D eigenvalue weighted by Gasteiger charge is 2.75. The van der Waals surface area contributed by atoms with Gasteiger partial charge >= 0.3 is 5.97 Å². The van der Waals surface area contributed by atoms with Gasteiger partial charge < -0.3 is 29.7 Å². The number of amides is 3. The molecule has 3 aliphatic heterocycles. The fourth-order valence-corrected chi connectivity index (χ4v) is 7.32. The number of carbonyl (C=O) groups excluding carboxylic acids is 4. The van der Waals surface area contributed by atoms with Crippen LogP contribution in [0.15, 0.2) is 79.9 Å². The summed E-state index contributed by atoms with van der Waals surface area (Å²) < 4.78 is 12.6. The maximum Gasteiger partial charge on any atom is 0.313 e. The van der Waals surface area contributed by atoms with Crippen molar-refractivity contribution < 1.29 is 33.8 Å². The summed E-state index contributed by atoms with van der Waals surface area (Å²) in [6, 6.07) is 15.0. The number of rotatable bonds is 15. The fourth-order valence-electron chi connectivity index (χ4n) is 7.08. The maximum absolute atomic E-state index is 14.5. The Kier molecular flexibility index (Phi) is 10.6. The summed E-state index contributed by atoms with van der Waals surface area (Å²) in [6.07, 6.45) is 3.69. The second-order valence-electron chi connectivity index (χ2n) is 11.8. The van der Waals surface area contributed by atoms with E-state index in [9.17, 15) is 24.3 Å². The monoisotopic (exact) mass is 649 g/mol. The molecule has 46 heavy (non-hydrogen) atoms. The number of aliphatic hydroxyl groups excluding tert-OH is 1. The number of nitrogens with zero attached hydrogens (tertiary/aromatic N) is 2. The molecule has 6 atom stereocenters. The van der Waals surface area contributed by atoms with Gasteiger partial charge in [0.2, 0.25) is 11.8 Å². The minimum absolute atomic E-state index is 0.0474. The first kappa shape index (κ1) is 33.4. The van der Waals surface area contributed by atoms with Crippen molar-refractivity contribution in [2.75, 3.05) is 31.1 Å². The minimum atomic E-state index is -1.26. The molecule has 3 amide bonds. The van der Waals surface area contributed by atoms with E-state index in [-0.39, 0.29) is 50.9 Å². The van der Waals surface area contributed by atoms with E-state index in [0.29, 0.717) is 35.5 Å². The molecule has 10 nitrogen and oxygen atoms in total. The zero-order chi connectivity index (χ0) is 32.8. The largest absolute Gasteiger partial charge is 0.455 e. The Labute approximate surface area is 274 Å². The van der Waals surface area contributed by atoms with Crippen LogP contribution in [-0.2, 0) is 28.7 Å². The first-order valence-electron chi connectivity index (χ1n) is 15.7. The van der Waals surface area contributed by atoms with E-state index in [1.165, 1.54) is 9.80 Å². The Balaban J connectivity index is 1.45. The Morgan fingerprint density at radius 2 is 1.89 bits per heavy atom. The number of hydrogen-bond donors (Lipinski definition) is 2. The van der Waals surface area contributed by atoms with Gasteiger partial charge in [0.05, 0.1) is 35.2 Å². The lowest BCUT2D eigenvalue weighted by Crippen LogP contribution is -2.56. The summed E-state index contributed by atoms with van der Waals surface area (Å²) in [4.78, 5) is 58.1. The van der Waals surface area contributed by atoms with Crippen LogP contribution in [0.25, 0.3) is 0 Å². The smallest absolute Gasteiger partial charge is 0.313 e. The molecule has 2 aromatic rings. The zero-order valence-corrected chi connectivity index (χ0v) is 26.4. The van der Waals surface area contributed by atoms with Crippen LogP contribution in [-0.4, -0.2) is 77.7 Å². The second kappa shape index (κ2) is 14.6. The number of nitrogens with one attached hydrogen (secondary N) is 1. The van der Waals surface area contributed by atoms with E-state index in [0.717, 1.165) is 0 Å². The highest BCUT2D eigenvalue weighted by atomic mass is 35.5. The molecule has 0 radical (unpaired) electrons. The van der Waals surface area contributed by atoms with Crippen molar-refractivity contribution in [3.05, 3.63) is 90.5 Å². The molecule has 3 aliphatic rings. The van der Waals surface area contributed by atoms with Crippen LogP contribution in [0.3, 0.4) is 0 Å². The number of para-hydroxylation sites is 1. The second-order valence-corrected chi connectivity index (χ2v) is 12.2. The van der Waals surface area contributed by atoms with Gasteiger partial charge in [0, 0.05) is 26.1 Å².